The van der Waals surface area contributed by atoms with Crippen LogP contribution in [0.2, 0.25) is 0 Å². The maximum Gasteiger partial charge on any atom is 1.00 e. The fraction of sp³-hybridized carbons (Fsp3) is 0.833. The molecule has 0 spiro atoms. The molecule has 0 aromatic carbocycles. The van der Waals surface area contributed by atoms with Gasteiger partial charge in [-0.25, -0.2) is 8.42 Å². The molecule has 0 amide bonds. The van der Waals surface area contributed by atoms with Crippen molar-refractivity contribution in [1.29, 1.82) is 0 Å². The first-order valence-electron chi connectivity index (χ1n) is 3.33. The van der Waals surface area contributed by atoms with Gasteiger partial charge in [0.2, 0.25) is 0 Å². The summed E-state index contributed by atoms with van der Waals surface area (Å²) in [5.41, 5.74) is 0. The molecule has 66 valence electrons. The van der Waals surface area contributed by atoms with E-state index in [1.54, 1.807) is 0 Å². The van der Waals surface area contributed by atoms with E-state index in [4.69, 9.17) is 5.11 Å². The summed E-state index contributed by atoms with van der Waals surface area (Å²) in [6, 6.07) is 0. The van der Waals surface area contributed by atoms with E-state index in [0.29, 0.717) is 6.42 Å². The number of carboxylic acids is 1. The number of carboxylic acid groups (broad SMARTS) is 1. The average Bonchev–Trinajstić information content (AvgIpc) is 1.52. The zero-order valence-electron chi connectivity index (χ0n) is 8.20. The van der Waals surface area contributed by atoms with Crippen LogP contribution >= 0.6 is 0 Å². The standard InChI is InChI=1S/C6H10O4S.Li.H/c1-11(9,10)6(5(7)8)3-2-4-6;;/h2-4H2,1H3,(H,7,8);;/q;+1;-1. The number of hydrogen-bond donors (Lipinski definition) is 1. The second kappa shape index (κ2) is 3.41. The van der Waals surface area contributed by atoms with Crippen molar-refractivity contribution in [2.24, 2.45) is 0 Å². The van der Waals surface area contributed by atoms with Crippen molar-refractivity contribution in [3.63, 3.8) is 0 Å². The van der Waals surface area contributed by atoms with Gasteiger partial charge in [0.15, 0.2) is 14.6 Å². The SMILES string of the molecule is CS(=O)(=O)C1(C(=O)O)CCC1.[H-].[Li+]. The molecular formula is C6H11LiO4S. The van der Waals surface area contributed by atoms with Crippen molar-refractivity contribution in [3.05, 3.63) is 0 Å². The first-order chi connectivity index (χ1) is 4.90. The summed E-state index contributed by atoms with van der Waals surface area (Å²) < 4.78 is 20.5. The Bertz CT molecular complexity index is 283. The van der Waals surface area contributed by atoms with E-state index in [-0.39, 0.29) is 33.1 Å². The maximum atomic E-state index is 11.0. The van der Waals surface area contributed by atoms with Crippen molar-refractivity contribution in [2.75, 3.05) is 6.26 Å². The van der Waals surface area contributed by atoms with E-state index in [9.17, 15) is 13.2 Å². The van der Waals surface area contributed by atoms with Crippen LogP contribution in [0.4, 0.5) is 0 Å². The van der Waals surface area contributed by atoms with Crippen LogP contribution in [-0.2, 0) is 14.6 Å². The molecule has 1 saturated carbocycles. The Morgan fingerprint density at radius 1 is 1.50 bits per heavy atom. The van der Waals surface area contributed by atoms with Crippen LogP contribution in [0, 0.1) is 0 Å². The Balaban J connectivity index is 0. The Morgan fingerprint density at radius 2 is 1.92 bits per heavy atom. The maximum absolute atomic E-state index is 11.0. The Hall–Kier alpha value is 0.0174. The van der Waals surface area contributed by atoms with Crippen molar-refractivity contribution >= 4 is 15.8 Å². The molecule has 6 heteroatoms. The van der Waals surface area contributed by atoms with Gasteiger partial charge in [0.1, 0.15) is 0 Å². The number of carbonyl (C=O) groups is 1. The van der Waals surface area contributed by atoms with Gasteiger partial charge < -0.3 is 6.53 Å². The van der Waals surface area contributed by atoms with E-state index >= 15 is 0 Å². The van der Waals surface area contributed by atoms with Crippen molar-refractivity contribution in [3.8, 4) is 0 Å². The van der Waals surface area contributed by atoms with E-state index in [2.05, 4.69) is 0 Å². The molecule has 0 bridgehead atoms. The number of rotatable bonds is 2. The van der Waals surface area contributed by atoms with Crippen LogP contribution in [0.5, 0.6) is 0 Å². The third-order valence-electron chi connectivity index (χ3n) is 2.26. The van der Waals surface area contributed by atoms with Gasteiger partial charge in [-0.2, -0.15) is 0 Å². The summed E-state index contributed by atoms with van der Waals surface area (Å²) in [5, 5.41) is 8.64. The monoisotopic (exact) mass is 186 g/mol. The largest absolute Gasteiger partial charge is 1.00 e. The smallest absolute Gasteiger partial charge is 1.00 e. The van der Waals surface area contributed by atoms with Gasteiger partial charge in [0, 0.05) is 6.26 Å². The second-order valence-corrected chi connectivity index (χ2v) is 5.25. The zero-order valence-corrected chi connectivity index (χ0v) is 8.02. The van der Waals surface area contributed by atoms with Gasteiger partial charge >= 0.3 is 24.8 Å². The number of aliphatic carboxylic acids is 1. The van der Waals surface area contributed by atoms with Gasteiger partial charge in [-0.15, -0.1) is 0 Å². The molecule has 1 N–H and O–H groups in total. The predicted octanol–water partition coefficient (Wildman–Crippen LogP) is -2.85. The quantitative estimate of drug-likeness (QED) is 0.471. The van der Waals surface area contributed by atoms with E-state index < -0.39 is 20.6 Å². The first-order valence-corrected chi connectivity index (χ1v) is 5.22. The molecule has 1 aliphatic rings. The minimum atomic E-state index is -3.43. The van der Waals surface area contributed by atoms with Crippen molar-refractivity contribution < 1.29 is 38.6 Å². The molecule has 1 aliphatic carbocycles. The number of hydrogen-bond acceptors (Lipinski definition) is 3. The number of sulfone groups is 1. The fourth-order valence-electron chi connectivity index (χ4n) is 1.24. The van der Waals surface area contributed by atoms with E-state index in [1.165, 1.54) is 0 Å². The van der Waals surface area contributed by atoms with Crippen molar-refractivity contribution in [1.82, 2.24) is 0 Å². The van der Waals surface area contributed by atoms with Gasteiger partial charge in [0.05, 0.1) is 0 Å². The Labute approximate surface area is 84.9 Å². The molecule has 0 saturated heterocycles. The van der Waals surface area contributed by atoms with Crippen LogP contribution in [-0.4, -0.2) is 30.5 Å². The van der Waals surface area contributed by atoms with Gasteiger partial charge in [-0.1, -0.05) is 0 Å². The molecule has 0 atom stereocenters. The van der Waals surface area contributed by atoms with Crippen LogP contribution < -0.4 is 18.9 Å². The molecule has 4 nitrogen and oxygen atoms in total. The summed E-state index contributed by atoms with van der Waals surface area (Å²) >= 11 is 0. The summed E-state index contributed by atoms with van der Waals surface area (Å²) in [6.07, 6.45) is 2.21. The molecule has 0 unspecified atom stereocenters. The van der Waals surface area contributed by atoms with Crippen LogP contribution in [0.25, 0.3) is 0 Å². The fourth-order valence-corrected chi connectivity index (χ4v) is 2.59. The molecule has 0 aromatic heterocycles. The third-order valence-corrected chi connectivity index (χ3v) is 4.26. The van der Waals surface area contributed by atoms with E-state index in [1.807, 2.05) is 0 Å². The molecule has 12 heavy (non-hydrogen) atoms. The van der Waals surface area contributed by atoms with Gasteiger partial charge in [0.25, 0.3) is 0 Å². The summed E-state index contributed by atoms with van der Waals surface area (Å²) in [7, 11) is -3.43. The second-order valence-electron chi connectivity index (χ2n) is 2.93. The van der Waals surface area contributed by atoms with Crippen LogP contribution in [0.15, 0.2) is 0 Å². The average molecular weight is 186 g/mol. The topological polar surface area (TPSA) is 71.4 Å². The summed E-state index contributed by atoms with van der Waals surface area (Å²) in [6.45, 7) is 0. The Morgan fingerprint density at radius 3 is 1.92 bits per heavy atom. The summed E-state index contributed by atoms with van der Waals surface area (Å²) in [5.74, 6) is -1.20. The first kappa shape index (κ1) is 12.0. The van der Waals surface area contributed by atoms with Crippen LogP contribution in [0.3, 0.4) is 0 Å². The normalized spacial score (nSPS) is 20.4. The minimum absolute atomic E-state index is 0. The molecular weight excluding hydrogens is 175 g/mol. The Kier molecular flexibility index (Phi) is 3.41. The minimum Gasteiger partial charge on any atom is -1.00 e. The molecule has 1 fully saturated rings. The van der Waals surface area contributed by atoms with Gasteiger partial charge in [-0.05, 0) is 19.3 Å². The molecule has 0 aromatic rings. The zero-order chi connectivity index (χ0) is 8.70. The third kappa shape index (κ3) is 1.54. The molecule has 0 radical (unpaired) electrons. The van der Waals surface area contributed by atoms with Crippen LogP contribution in [0.1, 0.15) is 20.7 Å². The molecule has 0 heterocycles. The molecule has 0 aliphatic heterocycles. The van der Waals surface area contributed by atoms with E-state index in [0.717, 1.165) is 6.26 Å². The predicted molar refractivity (Wildman–Crippen MR) is 40.2 cm³/mol. The molecule has 1 rings (SSSR count). The van der Waals surface area contributed by atoms with Gasteiger partial charge in [-0.3, -0.25) is 4.79 Å². The summed E-state index contributed by atoms with van der Waals surface area (Å²) in [4.78, 5) is 10.6. The van der Waals surface area contributed by atoms with Crippen molar-refractivity contribution in [2.45, 2.75) is 24.0 Å².